The standard InChI is InChI=1S/C34H39ClN6O5.ClH/c1-18(2)38-32(43)27-13-12-25(19(3)39-27)22-8-4-20(5-9-22)14-29(31(37)42)41(33(44)23-10-6-21(17-36)7-11-23)24-15-26(35)30-28(16-24)40-34(45)46-30;/h4-5,8-9,12-13,15-16,18,21,23,29H,6-7,10-11,14,17,36H2,1-3H3,(H2,37,42)(H,38,43)(H,40,45);1H/t21-,23-,29-;/m0./s1. The average molecular weight is 684 g/mol. The number of nitrogens with zero attached hydrogens (tertiary/aromatic N) is 2. The van der Waals surface area contributed by atoms with Crippen LogP contribution in [-0.4, -0.2) is 46.3 Å². The van der Waals surface area contributed by atoms with Gasteiger partial charge in [0, 0.05) is 35.3 Å². The fourth-order valence-electron chi connectivity index (χ4n) is 6.14. The minimum absolute atomic E-state index is 0. The van der Waals surface area contributed by atoms with Crippen LogP contribution in [0.25, 0.3) is 22.2 Å². The number of aryl methyl sites for hydroxylation is 1. The van der Waals surface area contributed by atoms with Crippen molar-refractivity contribution in [1.29, 1.82) is 0 Å². The number of amides is 3. The van der Waals surface area contributed by atoms with E-state index in [1.807, 2.05) is 51.1 Å². The number of hydrogen-bond donors (Lipinski definition) is 4. The van der Waals surface area contributed by atoms with Gasteiger partial charge in [-0.1, -0.05) is 41.9 Å². The highest BCUT2D eigenvalue weighted by Crippen LogP contribution is 2.35. The Kier molecular flexibility index (Phi) is 11.5. The molecule has 0 bridgehead atoms. The molecule has 0 radical (unpaired) electrons. The summed E-state index contributed by atoms with van der Waals surface area (Å²) < 4.78 is 5.15. The predicted octanol–water partition coefficient (Wildman–Crippen LogP) is 4.90. The summed E-state index contributed by atoms with van der Waals surface area (Å²) in [6, 6.07) is 13.2. The van der Waals surface area contributed by atoms with E-state index in [0.29, 0.717) is 47.9 Å². The van der Waals surface area contributed by atoms with Gasteiger partial charge in [-0.2, -0.15) is 0 Å². The van der Waals surface area contributed by atoms with Crippen molar-refractivity contribution in [3.8, 4) is 11.1 Å². The number of nitrogens with one attached hydrogen (secondary N) is 2. The Morgan fingerprint density at radius 3 is 2.36 bits per heavy atom. The van der Waals surface area contributed by atoms with Gasteiger partial charge >= 0.3 is 5.76 Å². The second-order valence-electron chi connectivity index (χ2n) is 12.3. The van der Waals surface area contributed by atoms with Crippen LogP contribution in [-0.2, 0) is 16.0 Å². The molecule has 47 heavy (non-hydrogen) atoms. The lowest BCUT2D eigenvalue weighted by Crippen LogP contribution is -2.52. The Labute approximate surface area is 283 Å². The van der Waals surface area contributed by atoms with E-state index in [0.717, 1.165) is 29.5 Å². The number of pyridine rings is 1. The topological polar surface area (TPSA) is 177 Å². The molecule has 1 atom stereocenters. The first-order valence-corrected chi connectivity index (χ1v) is 15.9. The molecule has 2 aromatic carbocycles. The molecule has 3 amide bonds. The SMILES string of the molecule is Cc1nc(C(=O)NC(C)C)ccc1-c1ccc(C[C@@H](C(N)=O)N(c2cc(Cl)c3oc(=O)[nH]c3c2)C(=O)[C@H]2CC[C@H](CN)CC2)cc1.Cl. The summed E-state index contributed by atoms with van der Waals surface area (Å²) in [4.78, 5) is 60.1. The molecule has 0 spiro atoms. The molecule has 0 unspecified atom stereocenters. The van der Waals surface area contributed by atoms with E-state index in [-0.39, 0.29) is 53.2 Å². The molecule has 2 aromatic heterocycles. The maximum absolute atomic E-state index is 14.2. The highest BCUT2D eigenvalue weighted by molar-refractivity contribution is 6.35. The second kappa shape index (κ2) is 15.1. The number of benzene rings is 2. The van der Waals surface area contributed by atoms with Crippen LogP contribution >= 0.6 is 24.0 Å². The van der Waals surface area contributed by atoms with Gasteiger partial charge in [0.15, 0.2) is 5.58 Å². The van der Waals surface area contributed by atoms with Crippen LogP contribution in [0.2, 0.25) is 5.02 Å². The molecule has 1 aliphatic carbocycles. The van der Waals surface area contributed by atoms with Crippen molar-refractivity contribution < 1.29 is 18.8 Å². The molecule has 2 heterocycles. The lowest BCUT2D eigenvalue weighted by Gasteiger charge is -2.35. The van der Waals surface area contributed by atoms with E-state index in [4.69, 9.17) is 27.5 Å². The third-order valence-corrected chi connectivity index (χ3v) is 8.86. The lowest BCUT2D eigenvalue weighted by molar-refractivity contribution is -0.127. The zero-order valence-electron chi connectivity index (χ0n) is 26.5. The highest BCUT2D eigenvalue weighted by atomic mass is 35.5. The Hall–Kier alpha value is -4.19. The molecule has 4 aromatic rings. The van der Waals surface area contributed by atoms with Crippen molar-refractivity contribution in [1.82, 2.24) is 15.3 Å². The smallest absolute Gasteiger partial charge is 0.406 e. The Bertz CT molecular complexity index is 1810. The number of halogens is 2. The number of fused-ring (bicyclic) bond motifs is 1. The van der Waals surface area contributed by atoms with Gasteiger partial charge in [-0.3, -0.25) is 24.3 Å². The molecule has 250 valence electrons. The maximum Gasteiger partial charge on any atom is 0.417 e. The maximum atomic E-state index is 14.2. The van der Waals surface area contributed by atoms with Crippen molar-refractivity contribution in [3.05, 3.63) is 81.1 Å². The Morgan fingerprint density at radius 2 is 1.77 bits per heavy atom. The number of aromatic nitrogens is 2. The summed E-state index contributed by atoms with van der Waals surface area (Å²) in [7, 11) is 0. The van der Waals surface area contributed by atoms with Gasteiger partial charge in [0.2, 0.25) is 11.8 Å². The fourth-order valence-corrected chi connectivity index (χ4v) is 6.39. The number of carbonyl (C=O) groups is 3. The largest absolute Gasteiger partial charge is 0.417 e. The number of H-pyrrole nitrogens is 1. The van der Waals surface area contributed by atoms with Crippen molar-refractivity contribution in [2.75, 3.05) is 11.4 Å². The van der Waals surface area contributed by atoms with Crippen molar-refractivity contribution in [3.63, 3.8) is 0 Å². The summed E-state index contributed by atoms with van der Waals surface area (Å²) in [5.41, 5.74) is 16.2. The van der Waals surface area contributed by atoms with E-state index in [9.17, 15) is 19.2 Å². The number of rotatable bonds is 10. The van der Waals surface area contributed by atoms with Gasteiger partial charge in [0.1, 0.15) is 11.7 Å². The molecule has 1 aliphatic rings. The third kappa shape index (κ3) is 8.04. The van der Waals surface area contributed by atoms with E-state index in [2.05, 4.69) is 15.3 Å². The van der Waals surface area contributed by atoms with Crippen molar-refractivity contribution in [2.45, 2.75) is 65.0 Å². The van der Waals surface area contributed by atoms with E-state index < -0.39 is 17.7 Å². The molecule has 0 aliphatic heterocycles. The molecular weight excluding hydrogens is 643 g/mol. The second-order valence-corrected chi connectivity index (χ2v) is 12.7. The molecule has 13 heteroatoms. The molecular formula is C34H40Cl2N6O5. The minimum atomic E-state index is -1.04. The first-order valence-electron chi connectivity index (χ1n) is 15.5. The summed E-state index contributed by atoms with van der Waals surface area (Å²) in [6.07, 6.45) is 3.05. The van der Waals surface area contributed by atoms with Crippen LogP contribution < -0.4 is 27.4 Å². The summed E-state index contributed by atoms with van der Waals surface area (Å²) in [6.45, 7) is 6.19. The molecule has 11 nitrogen and oxygen atoms in total. The van der Waals surface area contributed by atoms with Crippen LogP contribution in [0, 0.1) is 18.8 Å². The molecule has 1 fully saturated rings. The Morgan fingerprint density at radius 1 is 1.09 bits per heavy atom. The number of anilines is 1. The number of aromatic amines is 1. The fraction of sp³-hybridized carbons (Fsp3) is 0.382. The molecule has 0 saturated heterocycles. The monoisotopic (exact) mass is 682 g/mol. The van der Waals surface area contributed by atoms with Crippen LogP contribution in [0.1, 0.15) is 61.3 Å². The van der Waals surface area contributed by atoms with Crippen LogP contribution in [0.5, 0.6) is 0 Å². The summed E-state index contributed by atoms with van der Waals surface area (Å²) in [5, 5.41) is 2.97. The van der Waals surface area contributed by atoms with Gasteiger partial charge in [0.05, 0.1) is 10.5 Å². The number of nitrogens with two attached hydrogens (primary N) is 2. The van der Waals surface area contributed by atoms with Crippen molar-refractivity contribution >= 4 is 58.5 Å². The van der Waals surface area contributed by atoms with Crippen LogP contribution in [0.4, 0.5) is 5.69 Å². The van der Waals surface area contributed by atoms with Crippen LogP contribution in [0.3, 0.4) is 0 Å². The van der Waals surface area contributed by atoms with Gasteiger partial charge in [0.25, 0.3) is 5.91 Å². The third-order valence-electron chi connectivity index (χ3n) is 8.58. The number of oxazole rings is 1. The zero-order valence-corrected chi connectivity index (χ0v) is 28.1. The molecule has 6 N–H and O–H groups in total. The predicted molar refractivity (Wildman–Crippen MR) is 185 cm³/mol. The van der Waals surface area contributed by atoms with Gasteiger partial charge in [-0.15, -0.1) is 12.4 Å². The highest BCUT2D eigenvalue weighted by Gasteiger charge is 2.36. The first-order chi connectivity index (χ1) is 21.9. The Balaban J connectivity index is 0.00000500. The van der Waals surface area contributed by atoms with Gasteiger partial charge < -0.3 is 21.2 Å². The summed E-state index contributed by atoms with van der Waals surface area (Å²) in [5.74, 6) is -1.80. The first kappa shape index (κ1) is 35.7. The van der Waals surface area contributed by atoms with E-state index in [1.165, 1.54) is 11.0 Å². The van der Waals surface area contributed by atoms with E-state index >= 15 is 0 Å². The molecule has 1 saturated carbocycles. The van der Waals surface area contributed by atoms with Crippen LogP contribution in [0.15, 0.2) is 57.7 Å². The minimum Gasteiger partial charge on any atom is -0.406 e. The number of carbonyl (C=O) groups excluding carboxylic acids is 3. The average Bonchev–Trinajstić information content (AvgIpc) is 3.41. The van der Waals surface area contributed by atoms with Gasteiger partial charge in [-0.05, 0) is 88.2 Å². The number of primary amides is 1. The lowest BCUT2D eigenvalue weighted by atomic mass is 9.81. The van der Waals surface area contributed by atoms with Gasteiger partial charge in [-0.25, -0.2) is 9.78 Å². The van der Waals surface area contributed by atoms with E-state index in [1.54, 1.807) is 12.1 Å². The molecule has 5 rings (SSSR count). The van der Waals surface area contributed by atoms with Crippen molar-refractivity contribution in [2.24, 2.45) is 23.3 Å². The normalized spacial score (nSPS) is 16.8. The quantitative estimate of drug-likeness (QED) is 0.184. The zero-order chi connectivity index (χ0) is 33.1. The summed E-state index contributed by atoms with van der Waals surface area (Å²) >= 11 is 6.48. The number of hydrogen-bond acceptors (Lipinski definition) is 7.